The molecule has 3 N–H and O–H groups in total. The third-order valence-electron chi connectivity index (χ3n) is 2.19. The molecule has 0 saturated heterocycles. The van der Waals surface area contributed by atoms with Gasteiger partial charge in [-0.1, -0.05) is 0 Å². The van der Waals surface area contributed by atoms with Gasteiger partial charge in [0.25, 0.3) is 0 Å². The lowest BCUT2D eigenvalue weighted by Gasteiger charge is -2.19. The number of ether oxygens (including phenoxy) is 1. The van der Waals surface area contributed by atoms with E-state index in [2.05, 4.69) is 4.98 Å². The van der Waals surface area contributed by atoms with Gasteiger partial charge in [0, 0.05) is 5.69 Å². The van der Waals surface area contributed by atoms with E-state index in [1.54, 1.807) is 26.0 Å². The molecule has 0 saturated carbocycles. The molecule has 1 aromatic heterocycles. The lowest BCUT2D eigenvalue weighted by molar-refractivity contribution is -0.148. The third kappa shape index (κ3) is 2.85. The van der Waals surface area contributed by atoms with E-state index in [0.717, 1.165) is 5.69 Å². The number of hydrogen-bond donors (Lipinski definition) is 2. The zero-order valence-electron chi connectivity index (χ0n) is 9.65. The lowest BCUT2D eigenvalue weighted by Crippen LogP contribution is -2.30. The first-order valence-corrected chi connectivity index (χ1v) is 4.92. The molecule has 0 aromatic carbocycles. The molecule has 1 rings (SSSR count). The van der Waals surface area contributed by atoms with Crippen molar-refractivity contribution in [2.24, 2.45) is 5.41 Å². The van der Waals surface area contributed by atoms with E-state index >= 15 is 0 Å². The van der Waals surface area contributed by atoms with Crippen LogP contribution in [-0.2, 0) is 4.79 Å². The van der Waals surface area contributed by atoms with Gasteiger partial charge < -0.3 is 15.6 Å². The van der Waals surface area contributed by atoms with Gasteiger partial charge in [-0.3, -0.25) is 4.79 Å². The zero-order valence-corrected chi connectivity index (χ0v) is 9.65. The van der Waals surface area contributed by atoms with Crippen molar-refractivity contribution in [3.8, 4) is 5.75 Å². The summed E-state index contributed by atoms with van der Waals surface area (Å²) >= 11 is 0. The Labute approximate surface area is 94.2 Å². The highest BCUT2D eigenvalue weighted by molar-refractivity contribution is 5.73. The molecule has 0 aliphatic carbocycles. The van der Waals surface area contributed by atoms with Crippen molar-refractivity contribution < 1.29 is 14.6 Å². The number of anilines is 1. The van der Waals surface area contributed by atoms with Crippen LogP contribution in [0.25, 0.3) is 0 Å². The molecule has 0 amide bonds. The van der Waals surface area contributed by atoms with Crippen LogP contribution in [0.3, 0.4) is 0 Å². The molecule has 16 heavy (non-hydrogen) atoms. The summed E-state index contributed by atoms with van der Waals surface area (Å²) in [6.45, 7) is 5.05. The average molecular weight is 224 g/mol. The Hall–Kier alpha value is -1.78. The Balaban J connectivity index is 2.72. The number of aromatic nitrogens is 1. The van der Waals surface area contributed by atoms with Gasteiger partial charge in [0.1, 0.15) is 6.61 Å². The van der Waals surface area contributed by atoms with Gasteiger partial charge in [0.15, 0.2) is 11.6 Å². The summed E-state index contributed by atoms with van der Waals surface area (Å²) in [5.41, 5.74) is 5.49. The molecule has 0 radical (unpaired) electrons. The van der Waals surface area contributed by atoms with E-state index < -0.39 is 11.4 Å². The van der Waals surface area contributed by atoms with Gasteiger partial charge in [-0.2, -0.15) is 0 Å². The molecular weight excluding hydrogens is 208 g/mol. The van der Waals surface area contributed by atoms with Crippen LogP contribution >= 0.6 is 0 Å². The van der Waals surface area contributed by atoms with Crippen LogP contribution in [-0.4, -0.2) is 22.7 Å². The fourth-order valence-corrected chi connectivity index (χ4v) is 1.01. The van der Waals surface area contributed by atoms with Crippen molar-refractivity contribution in [3.63, 3.8) is 0 Å². The van der Waals surface area contributed by atoms with E-state index in [0.29, 0.717) is 5.75 Å². The Bertz CT molecular complexity index is 402. The van der Waals surface area contributed by atoms with Gasteiger partial charge >= 0.3 is 5.97 Å². The van der Waals surface area contributed by atoms with Gasteiger partial charge in [0.2, 0.25) is 0 Å². The van der Waals surface area contributed by atoms with Crippen molar-refractivity contribution in [2.75, 3.05) is 12.3 Å². The Morgan fingerprint density at radius 3 is 2.69 bits per heavy atom. The molecule has 0 unspecified atom stereocenters. The van der Waals surface area contributed by atoms with Crippen LogP contribution in [0.2, 0.25) is 0 Å². The molecule has 88 valence electrons. The largest absolute Gasteiger partial charge is 0.489 e. The lowest BCUT2D eigenvalue weighted by atomic mass is 9.95. The van der Waals surface area contributed by atoms with Crippen LogP contribution in [0.4, 0.5) is 5.82 Å². The molecular formula is C11H16N2O3. The standard InChI is InChI=1S/C11H16N2O3/c1-7-4-5-8(9(12)13-7)16-6-11(2,3)10(14)15/h4-5H,6H2,1-3H3,(H2,12,13)(H,14,15). The number of carboxylic acids is 1. The van der Waals surface area contributed by atoms with Crippen molar-refractivity contribution in [1.29, 1.82) is 0 Å². The highest BCUT2D eigenvalue weighted by atomic mass is 16.5. The fourth-order valence-electron chi connectivity index (χ4n) is 1.01. The zero-order chi connectivity index (χ0) is 12.3. The van der Waals surface area contributed by atoms with Crippen LogP contribution in [0.15, 0.2) is 12.1 Å². The minimum atomic E-state index is -0.947. The SMILES string of the molecule is Cc1ccc(OCC(C)(C)C(=O)O)c(N)n1. The summed E-state index contributed by atoms with van der Waals surface area (Å²) in [6.07, 6.45) is 0. The summed E-state index contributed by atoms with van der Waals surface area (Å²) in [6, 6.07) is 3.45. The second-order valence-electron chi connectivity index (χ2n) is 4.31. The molecule has 1 aromatic rings. The maximum atomic E-state index is 10.9. The molecule has 0 spiro atoms. The smallest absolute Gasteiger partial charge is 0.312 e. The summed E-state index contributed by atoms with van der Waals surface area (Å²) < 4.78 is 5.35. The molecule has 1 heterocycles. The molecule has 0 aliphatic heterocycles. The predicted molar refractivity (Wildman–Crippen MR) is 60.3 cm³/mol. The maximum Gasteiger partial charge on any atom is 0.312 e. The van der Waals surface area contributed by atoms with Gasteiger partial charge in [-0.25, -0.2) is 4.98 Å². The second-order valence-corrected chi connectivity index (χ2v) is 4.31. The van der Waals surface area contributed by atoms with Crippen LogP contribution < -0.4 is 10.5 Å². The molecule has 0 aliphatic rings. The molecule has 0 bridgehead atoms. The number of carboxylic acid groups (broad SMARTS) is 1. The second kappa shape index (κ2) is 4.38. The van der Waals surface area contributed by atoms with Gasteiger partial charge in [0.05, 0.1) is 5.41 Å². The maximum absolute atomic E-state index is 10.9. The normalized spacial score (nSPS) is 11.2. The number of carbonyl (C=O) groups is 1. The van der Waals surface area contributed by atoms with Crippen LogP contribution in [0.1, 0.15) is 19.5 Å². The van der Waals surface area contributed by atoms with Crippen LogP contribution in [0, 0.1) is 12.3 Å². The number of pyridine rings is 1. The Morgan fingerprint density at radius 1 is 1.56 bits per heavy atom. The van der Waals surface area contributed by atoms with E-state index in [1.165, 1.54) is 0 Å². The number of hydrogen-bond acceptors (Lipinski definition) is 4. The fraction of sp³-hybridized carbons (Fsp3) is 0.455. The summed E-state index contributed by atoms with van der Waals surface area (Å²) in [5, 5.41) is 8.91. The number of rotatable bonds is 4. The number of nitrogen functional groups attached to an aromatic ring is 1. The van der Waals surface area contributed by atoms with Crippen molar-refractivity contribution in [1.82, 2.24) is 4.98 Å². The molecule has 0 fully saturated rings. The average Bonchev–Trinajstić information content (AvgIpc) is 2.16. The minimum Gasteiger partial charge on any atom is -0.489 e. The van der Waals surface area contributed by atoms with E-state index in [4.69, 9.17) is 15.6 Å². The van der Waals surface area contributed by atoms with E-state index in [-0.39, 0.29) is 12.4 Å². The Kier molecular flexibility index (Phi) is 3.37. The molecule has 0 atom stereocenters. The quantitative estimate of drug-likeness (QED) is 0.808. The number of aliphatic carboxylic acids is 1. The van der Waals surface area contributed by atoms with Gasteiger partial charge in [-0.05, 0) is 32.9 Å². The molecule has 5 nitrogen and oxygen atoms in total. The van der Waals surface area contributed by atoms with E-state index in [1.807, 2.05) is 6.92 Å². The first-order chi connectivity index (χ1) is 7.33. The van der Waals surface area contributed by atoms with Crippen molar-refractivity contribution in [3.05, 3.63) is 17.8 Å². The first-order valence-electron chi connectivity index (χ1n) is 4.92. The highest BCUT2D eigenvalue weighted by Crippen LogP contribution is 2.23. The summed E-state index contributed by atoms with van der Waals surface area (Å²) in [4.78, 5) is 14.9. The number of aryl methyl sites for hydroxylation is 1. The van der Waals surface area contributed by atoms with Gasteiger partial charge in [-0.15, -0.1) is 0 Å². The number of nitrogens with zero attached hydrogens (tertiary/aromatic N) is 1. The first kappa shape index (κ1) is 12.3. The summed E-state index contributed by atoms with van der Waals surface area (Å²) in [5.74, 6) is -0.216. The monoisotopic (exact) mass is 224 g/mol. The Morgan fingerprint density at radius 2 is 2.19 bits per heavy atom. The topological polar surface area (TPSA) is 85.4 Å². The van der Waals surface area contributed by atoms with Crippen molar-refractivity contribution in [2.45, 2.75) is 20.8 Å². The predicted octanol–water partition coefficient (Wildman–Crippen LogP) is 1.46. The number of nitrogens with two attached hydrogens (primary N) is 1. The third-order valence-corrected chi connectivity index (χ3v) is 2.19. The summed E-state index contributed by atoms with van der Waals surface area (Å²) in [7, 11) is 0. The molecule has 5 heteroatoms. The van der Waals surface area contributed by atoms with E-state index in [9.17, 15) is 4.79 Å². The highest BCUT2D eigenvalue weighted by Gasteiger charge is 2.28. The van der Waals surface area contributed by atoms with Crippen LogP contribution in [0.5, 0.6) is 5.75 Å². The minimum absolute atomic E-state index is 0.0529. The van der Waals surface area contributed by atoms with Crippen molar-refractivity contribution >= 4 is 11.8 Å².